The van der Waals surface area contributed by atoms with Gasteiger partial charge in [-0.3, -0.25) is 4.79 Å². The first-order valence-corrected chi connectivity index (χ1v) is 5.07. The van der Waals surface area contributed by atoms with Gasteiger partial charge in [0.1, 0.15) is 0 Å². The summed E-state index contributed by atoms with van der Waals surface area (Å²) in [6.45, 7) is 4.25. The van der Waals surface area contributed by atoms with E-state index in [4.69, 9.17) is 5.11 Å². The number of carboxylic acids is 1. The second kappa shape index (κ2) is 4.61. The predicted molar refractivity (Wildman–Crippen MR) is 51.7 cm³/mol. The van der Waals surface area contributed by atoms with Crippen molar-refractivity contribution in [2.45, 2.75) is 51.6 Å². The Morgan fingerprint density at radius 3 is 2.62 bits per heavy atom. The largest absolute Gasteiger partial charge is 0.481 e. The Morgan fingerprint density at radius 1 is 1.54 bits per heavy atom. The molecule has 0 bridgehead atoms. The van der Waals surface area contributed by atoms with Crippen molar-refractivity contribution in [3.8, 4) is 0 Å². The van der Waals surface area contributed by atoms with Crippen LogP contribution in [0, 0.1) is 5.92 Å². The SMILES string of the molecule is CC(CCC(=O)O)NC(C)C1CC1. The van der Waals surface area contributed by atoms with Crippen LogP contribution in [0.2, 0.25) is 0 Å². The number of nitrogens with one attached hydrogen (secondary N) is 1. The fourth-order valence-electron chi connectivity index (χ4n) is 1.60. The average Bonchev–Trinajstić information content (AvgIpc) is 2.82. The van der Waals surface area contributed by atoms with E-state index in [9.17, 15) is 4.79 Å². The molecular formula is C10H19NO2. The molecule has 0 aromatic heterocycles. The van der Waals surface area contributed by atoms with Gasteiger partial charge < -0.3 is 10.4 Å². The number of carbonyl (C=O) groups is 1. The topological polar surface area (TPSA) is 49.3 Å². The van der Waals surface area contributed by atoms with Crippen molar-refractivity contribution in [1.82, 2.24) is 5.32 Å². The first kappa shape index (κ1) is 10.5. The van der Waals surface area contributed by atoms with Crippen LogP contribution in [0.3, 0.4) is 0 Å². The zero-order valence-corrected chi connectivity index (χ0v) is 8.42. The normalized spacial score (nSPS) is 21.1. The molecule has 0 saturated heterocycles. The lowest BCUT2D eigenvalue weighted by molar-refractivity contribution is -0.137. The van der Waals surface area contributed by atoms with E-state index in [-0.39, 0.29) is 6.42 Å². The molecule has 13 heavy (non-hydrogen) atoms. The highest BCUT2D eigenvalue weighted by molar-refractivity contribution is 5.66. The molecule has 0 radical (unpaired) electrons. The van der Waals surface area contributed by atoms with Crippen molar-refractivity contribution in [3.05, 3.63) is 0 Å². The maximum atomic E-state index is 10.3. The molecule has 1 aliphatic carbocycles. The van der Waals surface area contributed by atoms with Crippen molar-refractivity contribution in [1.29, 1.82) is 0 Å². The number of hydrogen-bond donors (Lipinski definition) is 2. The van der Waals surface area contributed by atoms with Gasteiger partial charge in [0.2, 0.25) is 0 Å². The predicted octanol–water partition coefficient (Wildman–Crippen LogP) is 1.63. The number of carboxylic acid groups (broad SMARTS) is 1. The fraction of sp³-hybridized carbons (Fsp3) is 0.900. The van der Waals surface area contributed by atoms with E-state index in [0.717, 1.165) is 12.3 Å². The second-order valence-corrected chi connectivity index (χ2v) is 4.13. The first-order chi connectivity index (χ1) is 6.09. The summed E-state index contributed by atoms with van der Waals surface area (Å²) < 4.78 is 0. The molecular weight excluding hydrogens is 166 g/mol. The molecule has 1 aliphatic rings. The highest BCUT2D eigenvalue weighted by Crippen LogP contribution is 2.32. The van der Waals surface area contributed by atoms with Crippen LogP contribution < -0.4 is 5.32 Å². The lowest BCUT2D eigenvalue weighted by Crippen LogP contribution is -2.36. The summed E-state index contributed by atoms with van der Waals surface area (Å²) in [5.74, 6) is 0.139. The van der Waals surface area contributed by atoms with Crippen LogP contribution in [-0.4, -0.2) is 23.2 Å². The number of hydrogen-bond acceptors (Lipinski definition) is 2. The molecule has 76 valence electrons. The fourth-order valence-corrected chi connectivity index (χ4v) is 1.60. The van der Waals surface area contributed by atoms with Crippen molar-refractivity contribution < 1.29 is 9.90 Å². The van der Waals surface area contributed by atoms with Crippen LogP contribution in [0.4, 0.5) is 0 Å². The van der Waals surface area contributed by atoms with Crippen molar-refractivity contribution in [2.24, 2.45) is 5.92 Å². The Morgan fingerprint density at radius 2 is 2.15 bits per heavy atom. The van der Waals surface area contributed by atoms with Crippen LogP contribution in [0.25, 0.3) is 0 Å². The Labute approximate surface area is 79.5 Å². The van der Waals surface area contributed by atoms with Gasteiger partial charge in [0, 0.05) is 18.5 Å². The molecule has 1 fully saturated rings. The van der Waals surface area contributed by atoms with Crippen LogP contribution in [0.5, 0.6) is 0 Å². The van der Waals surface area contributed by atoms with E-state index in [2.05, 4.69) is 19.2 Å². The minimum absolute atomic E-state index is 0.269. The minimum atomic E-state index is -0.701. The van der Waals surface area contributed by atoms with Gasteiger partial charge in [0.15, 0.2) is 0 Å². The summed E-state index contributed by atoms with van der Waals surface area (Å²) in [6.07, 6.45) is 3.66. The molecule has 2 atom stereocenters. The van der Waals surface area contributed by atoms with Gasteiger partial charge in [-0.15, -0.1) is 0 Å². The number of rotatable bonds is 6. The van der Waals surface area contributed by atoms with Gasteiger partial charge >= 0.3 is 5.97 Å². The third-order valence-electron chi connectivity index (χ3n) is 2.67. The quantitative estimate of drug-likeness (QED) is 0.661. The van der Waals surface area contributed by atoms with Gasteiger partial charge in [-0.25, -0.2) is 0 Å². The third kappa shape index (κ3) is 4.27. The summed E-state index contributed by atoms with van der Waals surface area (Å²) in [7, 11) is 0. The summed E-state index contributed by atoms with van der Waals surface area (Å²) in [6, 6.07) is 0.885. The molecule has 3 nitrogen and oxygen atoms in total. The molecule has 1 rings (SSSR count). The zero-order valence-electron chi connectivity index (χ0n) is 8.42. The Hall–Kier alpha value is -0.570. The Balaban J connectivity index is 2.08. The van der Waals surface area contributed by atoms with E-state index in [0.29, 0.717) is 12.1 Å². The molecule has 0 aromatic rings. The monoisotopic (exact) mass is 185 g/mol. The summed E-state index contributed by atoms with van der Waals surface area (Å²) >= 11 is 0. The summed E-state index contributed by atoms with van der Waals surface area (Å²) in [5, 5.41) is 11.9. The smallest absolute Gasteiger partial charge is 0.303 e. The van der Waals surface area contributed by atoms with Gasteiger partial charge in [-0.1, -0.05) is 0 Å². The maximum absolute atomic E-state index is 10.3. The lowest BCUT2D eigenvalue weighted by Gasteiger charge is -2.18. The molecule has 0 spiro atoms. The minimum Gasteiger partial charge on any atom is -0.481 e. The van der Waals surface area contributed by atoms with E-state index in [1.54, 1.807) is 0 Å². The van der Waals surface area contributed by atoms with Gasteiger partial charge in [0.05, 0.1) is 0 Å². The second-order valence-electron chi connectivity index (χ2n) is 4.13. The standard InChI is InChI=1S/C10H19NO2/c1-7(3-6-10(12)13)11-8(2)9-4-5-9/h7-9,11H,3-6H2,1-2H3,(H,12,13). The zero-order chi connectivity index (χ0) is 9.84. The Bertz CT molecular complexity index is 178. The molecule has 0 aliphatic heterocycles. The number of aliphatic carboxylic acids is 1. The van der Waals surface area contributed by atoms with E-state index in [1.807, 2.05) is 0 Å². The van der Waals surface area contributed by atoms with Gasteiger partial charge in [-0.2, -0.15) is 0 Å². The maximum Gasteiger partial charge on any atom is 0.303 e. The van der Waals surface area contributed by atoms with Crippen molar-refractivity contribution >= 4 is 5.97 Å². The van der Waals surface area contributed by atoms with Crippen LogP contribution in [-0.2, 0) is 4.79 Å². The highest BCUT2D eigenvalue weighted by atomic mass is 16.4. The van der Waals surface area contributed by atoms with Gasteiger partial charge in [0.25, 0.3) is 0 Å². The van der Waals surface area contributed by atoms with E-state index >= 15 is 0 Å². The van der Waals surface area contributed by atoms with E-state index < -0.39 is 5.97 Å². The van der Waals surface area contributed by atoms with Crippen LogP contribution in [0.1, 0.15) is 39.5 Å². The molecule has 0 heterocycles. The Kier molecular flexibility index (Phi) is 3.72. The van der Waals surface area contributed by atoms with Crippen LogP contribution in [0.15, 0.2) is 0 Å². The molecule has 0 aromatic carbocycles. The van der Waals surface area contributed by atoms with Crippen molar-refractivity contribution in [3.63, 3.8) is 0 Å². The van der Waals surface area contributed by atoms with Crippen LogP contribution >= 0.6 is 0 Å². The van der Waals surface area contributed by atoms with Crippen molar-refractivity contribution in [2.75, 3.05) is 0 Å². The first-order valence-electron chi connectivity index (χ1n) is 5.07. The molecule has 3 heteroatoms. The summed E-state index contributed by atoms with van der Waals surface area (Å²) in [4.78, 5) is 10.3. The van der Waals surface area contributed by atoms with E-state index in [1.165, 1.54) is 12.8 Å². The molecule has 0 amide bonds. The lowest BCUT2D eigenvalue weighted by atomic mass is 10.1. The molecule has 2 N–H and O–H groups in total. The van der Waals surface area contributed by atoms with Gasteiger partial charge in [-0.05, 0) is 39.0 Å². The summed E-state index contributed by atoms with van der Waals surface area (Å²) in [5.41, 5.74) is 0. The average molecular weight is 185 g/mol. The highest BCUT2D eigenvalue weighted by Gasteiger charge is 2.28. The molecule has 2 unspecified atom stereocenters. The molecule has 1 saturated carbocycles. The third-order valence-corrected chi connectivity index (χ3v) is 2.67.